The van der Waals surface area contributed by atoms with Crippen molar-refractivity contribution < 1.29 is 33.4 Å². The van der Waals surface area contributed by atoms with E-state index in [0.29, 0.717) is 23.6 Å². The van der Waals surface area contributed by atoms with Gasteiger partial charge in [-0.25, -0.2) is 9.69 Å². The summed E-state index contributed by atoms with van der Waals surface area (Å²) in [5.74, 6) is -1.30. The average molecular weight is 612 g/mol. The summed E-state index contributed by atoms with van der Waals surface area (Å²) in [5.41, 5.74) is 1.86. The third-order valence-corrected chi connectivity index (χ3v) is 6.69. The monoisotopic (exact) mass is 611 g/mol. The van der Waals surface area contributed by atoms with Gasteiger partial charge in [-0.15, -0.1) is 0 Å². The highest BCUT2D eigenvalue weighted by atomic mass is 35.5. The van der Waals surface area contributed by atoms with Gasteiger partial charge < -0.3 is 19.5 Å². The quantitative estimate of drug-likeness (QED) is 0.176. The number of hydrogen-bond donors (Lipinski definition) is 2. The number of imide groups is 2. The molecule has 1 saturated heterocycles. The minimum absolute atomic E-state index is 0.0754. The zero-order chi connectivity index (χ0) is 31.1. The number of nitrogens with zero attached hydrogens (tertiary/aromatic N) is 1. The van der Waals surface area contributed by atoms with Gasteiger partial charge in [0.2, 0.25) is 0 Å². The maximum Gasteiger partial charge on any atom is 0.335 e. The molecule has 44 heavy (non-hydrogen) atoms. The van der Waals surface area contributed by atoms with E-state index in [9.17, 15) is 19.2 Å². The van der Waals surface area contributed by atoms with Crippen LogP contribution >= 0.6 is 11.6 Å². The van der Waals surface area contributed by atoms with Gasteiger partial charge in [-0.1, -0.05) is 60.1 Å². The van der Waals surface area contributed by atoms with Crippen molar-refractivity contribution in [1.82, 2.24) is 5.32 Å². The highest BCUT2D eigenvalue weighted by Gasteiger charge is 2.37. The van der Waals surface area contributed by atoms with Crippen LogP contribution in [0.2, 0.25) is 5.02 Å². The molecule has 11 heteroatoms. The van der Waals surface area contributed by atoms with Gasteiger partial charge in [0.1, 0.15) is 17.9 Å². The highest BCUT2D eigenvalue weighted by Crippen LogP contribution is 2.37. The molecule has 0 unspecified atom stereocenters. The van der Waals surface area contributed by atoms with E-state index in [0.717, 1.165) is 10.5 Å². The first-order valence-corrected chi connectivity index (χ1v) is 13.7. The molecule has 5 rings (SSSR count). The Balaban J connectivity index is 1.31. The predicted molar refractivity (Wildman–Crippen MR) is 165 cm³/mol. The molecule has 0 spiro atoms. The lowest BCUT2D eigenvalue weighted by Crippen LogP contribution is -2.54. The van der Waals surface area contributed by atoms with Crippen LogP contribution in [0.15, 0.2) is 103 Å². The standard InChI is InChI=1S/C33H26ClN3O7/c1-42-28-18-22(17-27(34)30(28)44-20-29(38)35-23-10-6-3-7-11-23)16-26-31(39)36-33(41)37(32(26)40)24-12-14-25(15-13-24)43-19-21-8-4-2-5-9-21/h2-18H,19-20H2,1H3,(H,35,38)(H,36,39,41)/b26-16+. The summed E-state index contributed by atoms with van der Waals surface area (Å²) in [7, 11) is 1.38. The third-order valence-electron chi connectivity index (χ3n) is 6.41. The Kier molecular flexibility index (Phi) is 9.22. The fourth-order valence-corrected chi connectivity index (χ4v) is 4.58. The second kappa shape index (κ2) is 13.6. The van der Waals surface area contributed by atoms with Crippen molar-refractivity contribution >= 4 is 52.8 Å². The van der Waals surface area contributed by atoms with Crippen LogP contribution in [-0.2, 0) is 21.0 Å². The van der Waals surface area contributed by atoms with Crippen LogP contribution in [0.1, 0.15) is 11.1 Å². The van der Waals surface area contributed by atoms with Crippen molar-refractivity contribution in [2.24, 2.45) is 0 Å². The number of anilines is 2. The lowest BCUT2D eigenvalue weighted by molar-refractivity contribution is -0.122. The van der Waals surface area contributed by atoms with Crippen LogP contribution in [0.5, 0.6) is 17.2 Å². The van der Waals surface area contributed by atoms with E-state index in [4.69, 9.17) is 25.8 Å². The number of methoxy groups -OCH3 is 1. The first-order chi connectivity index (χ1) is 21.3. The predicted octanol–water partition coefficient (Wildman–Crippen LogP) is 5.61. The van der Waals surface area contributed by atoms with Crippen LogP contribution in [0, 0.1) is 0 Å². The maximum absolute atomic E-state index is 13.4. The number of carbonyl (C=O) groups is 4. The van der Waals surface area contributed by atoms with Gasteiger partial charge in [-0.3, -0.25) is 19.7 Å². The van der Waals surface area contributed by atoms with Crippen molar-refractivity contribution in [2.75, 3.05) is 23.9 Å². The number of rotatable bonds is 10. The molecule has 5 amide bonds. The molecular formula is C33H26ClN3O7. The van der Waals surface area contributed by atoms with E-state index in [1.165, 1.54) is 25.3 Å². The van der Waals surface area contributed by atoms with Gasteiger partial charge >= 0.3 is 6.03 Å². The second-order valence-electron chi connectivity index (χ2n) is 9.46. The first-order valence-electron chi connectivity index (χ1n) is 13.4. The summed E-state index contributed by atoms with van der Waals surface area (Å²) in [5, 5.41) is 4.97. The molecule has 0 aliphatic carbocycles. The zero-order valence-corrected chi connectivity index (χ0v) is 24.2. The molecule has 222 valence electrons. The number of benzene rings is 4. The van der Waals surface area contributed by atoms with Gasteiger partial charge in [-0.2, -0.15) is 0 Å². The van der Waals surface area contributed by atoms with Crippen molar-refractivity contribution in [3.8, 4) is 17.2 Å². The minimum atomic E-state index is -0.886. The Bertz CT molecular complexity index is 1730. The number of urea groups is 1. The molecule has 1 aliphatic heterocycles. The smallest absolute Gasteiger partial charge is 0.335 e. The fourth-order valence-electron chi connectivity index (χ4n) is 4.31. The van der Waals surface area contributed by atoms with Crippen LogP contribution in [0.3, 0.4) is 0 Å². The number of barbiturate groups is 1. The van der Waals surface area contributed by atoms with Crippen LogP contribution in [0.25, 0.3) is 6.08 Å². The van der Waals surface area contributed by atoms with Crippen LogP contribution in [-0.4, -0.2) is 37.5 Å². The molecule has 1 heterocycles. The molecule has 0 radical (unpaired) electrons. The Labute approximate surface area is 257 Å². The summed E-state index contributed by atoms with van der Waals surface area (Å²) in [6.45, 7) is 0.000893. The number of nitrogens with one attached hydrogen (secondary N) is 2. The summed E-state index contributed by atoms with van der Waals surface area (Å²) in [4.78, 5) is 52.0. The molecule has 2 N–H and O–H groups in total. The van der Waals surface area contributed by atoms with Gasteiger partial charge in [0.05, 0.1) is 17.8 Å². The number of carbonyl (C=O) groups excluding carboxylic acids is 4. The zero-order valence-electron chi connectivity index (χ0n) is 23.4. The summed E-state index contributed by atoms with van der Waals surface area (Å²) in [6.07, 6.45) is 1.29. The Morgan fingerprint density at radius 3 is 2.27 bits per heavy atom. The van der Waals surface area contributed by atoms with Crippen molar-refractivity contribution in [3.05, 3.63) is 119 Å². The lowest BCUT2D eigenvalue weighted by atomic mass is 10.1. The molecule has 0 saturated carbocycles. The van der Waals surface area contributed by atoms with E-state index < -0.39 is 23.8 Å². The van der Waals surface area contributed by atoms with E-state index >= 15 is 0 Å². The van der Waals surface area contributed by atoms with Crippen LogP contribution < -0.4 is 29.7 Å². The van der Waals surface area contributed by atoms with E-state index in [1.807, 2.05) is 36.4 Å². The number of ether oxygens (including phenoxy) is 3. The molecule has 4 aromatic rings. The largest absolute Gasteiger partial charge is 0.493 e. The number of amides is 5. The SMILES string of the molecule is COc1cc(/C=C2\C(=O)NC(=O)N(c3ccc(OCc4ccccc4)cc3)C2=O)cc(Cl)c1OCC(=O)Nc1ccccc1. The Morgan fingerprint density at radius 2 is 1.59 bits per heavy atom. The number of hydrogen-bond acceptors (Lipinski definition) is 7. The van der Waals surface area contributed by atoms with E-state index in [1.54, 1.807) is 48.5 Å². The van der Waals surface area contributed by atoms with Crippen molar-refractivity contribution in [3.63, 3.8) is 0 Å². The molecule has 1 aliphatic rings. The molecule has 10 nitrogen and oxygen atoms in total. The van der Waals surface area contributed by atoms with Gasteiger partial charge in [0.15, 0.2) is 18.1 Å². The molecule has 0 aromatic heterocycles. The number of halogens is 1. The fraction of sp³-hybridized carbons (Fsp3) is 0.0909. The third kappa shape index (κ3) is 7.05. The number of para-hydroxylation sites is 1. The average Bonchev–Trinajstić information content (AvgIpc) is 3.02. The minimum Gasteiger partial charge on any atom is -0.493 e. The van der Waals surface area contributed by atoms with E-state index in [2.05, 4.69) is 10.6 Å². The van der Waals surface area contributed by atoms with Gasteiger partial charge in [-0.05, 0) is 65.7 Å². The van der Waals surface area contributed by atoms with E-state index in [-0.39, 0.29) is 34.4 Å². The molecule has 4 aromatic carbocycles. The topological polar surface area (TPSA) is 123 Å². The molecular weight excluding hydrogens is 586 g/mol. The van der Waals surface area contributed by atoms with Gasteiger partial charge in [0, 0.05) is 5.69 Å². The molecule has 1 fully saturated rings. The Morgan fingerprint density at radius 1 is 0.909 bits per heavy atom. The van der Waals surface area contributed by atoms with Gasteiger partial charge in [0.25, 0.3) is 17.7 Å². The highest BCUT2D eigenvalue weighted by molar-refractivity contribution is 6.39. The summed E-state index contributed by atoms with van der Waals surface area (Å²) < 4.78 is 16.8. The molecule has 0 bridgehead atoms. The molecule has 0 atom stereocenters. The normalized spacial score (nSPS) is 13.8. The summed E-state index contributed by atoms with van der Waals surface area (Å²) >= 11 is 6.45. The van der Waals surface area contributed by atoms with Crippen molar-refractivity contribution in [1.29, 1.82) is 0 Å². The van der Waals surface area contributed by atoms with Crippen LogP contribution in [0.4, 0.5) is 16.2 Å². The lowest BCUT2D eigenvalue weighted by Gasteiger charge is -2.26. The maximum atomic E-state index is 13.4. The first kappa shape index (κ1) is 29.9. The van der Waals surface area contributed by atoms with Crippen molar-refractivity contribution in [2.45, 2.75) is 6.61 Å². The second-order valence-corrected chi connectivity index (χ2v) is 9.87. The summed E-state index contributed by atoms with van der Waals surface area (Å²) in [6, 6.07) is 26.9. The Hall–Kier alpha value is -5.61.